The minimum atomic E-state index is -0.150. The van der Waals surface area contributed by atoms with Gasteiger partial charge < -0.3 is 10.6 Å². The van der Waals surface area contributed by atoms with Crippen LogP contribution in [0.2, 0.25) is 0 Å². The lowest BCUT2D eigenvalue weighted by Crippen LogP contribution is -2.52. The molecule has 3 rings (SSSR count). The molecule has 0 aromatic heterocycles. The molecule has 3 fully saturated rings. The maximum Gasteiger partial charge on any atom is 0.227 e. The first-order valence-electron chi connectivity index (χ1n) is 8.37. The molecule has 0 aromatic carbocycles. The summed E-state index contributed by atoms with van der Waals surface area (Å²) in [5.41, 5.74) is 0.509. The minimum Gasteiger partial charge on any atom is -0.352 e. The van der Waals surface area contributed by atoms with E-state index in [0.29, 0.717) is 17.4 Å². The quantitative estimate of drug-likeness (QED) is 0.833. The zero-order chi connectivity index (χ0) is 14.6. The molecule has 20 heavy (non-hydrogen) atoms. The van der Waals surface area contributed by atoms with Crippen LogP contribution >= 0.6 is 0 Å². The highest BCUT2D eigenvalue weighted by atomic mass is 16.2. The van der Waals surface area contributed by atoms with Crippen molar-refractivity contribution in [2.24, 2.45) is 22.2 Å². The molecule has 2 saturated carbocycles. The van der Waals surface area contributed by atoms with Gasteiger partial charge >= 0.3 is 0 Å². The Kier molecular flexibility index (Phi) is 3.20. The molecule has 4 unspecified atom stereocenters. The van der Waals surface area contributed by atoms with Crippen molar-refractivity contribution >= 4 is 5.91 Å². The van der Waals surface area contributed by atoms with Crippen molar-refractivity contribution in [3.8, 4) is 0 Å². The van der Waals surface area contributed by atoms with E-state index in [2.05, 4.69) is 38.3 Å². The summed E-state index contributed by atoms with van der Waals surface area (Å²) in [6, 6.07) is 0.382. The summed E-state index contributed by atoms with van der Waals surface area (Å²) in [6.45, 7) is 11.2. The van der Waals surface area contributed by atoms with Crippen LogP contribution in [0.5, 0.6) is 0 Å². The number of carbonyl (C=O) groups excluding carboxylic acids is 1. The van der Waals surface area contributed by atoms with Crippen molar-refractivity contribution in [2.75, 3.05) is 13.1 Å². The molecule has 1 heterocycles. The molecule has 0 spiro atoms. The number of carbonyl (C=O) groups is 1. The Morgan fingerprint density at radius 2 is 2.05 bits per heavy atom. The number of hydrogen-bond donors (Lipinski definition) is 2. The van der Waals surface area contributed by atoms with Gasteiger partial charge in [0, 0.05) is 12.6 Å². The second kappa shape index (κ2) is 4.46. The molecule has 1 aliphatic heterocycles. The molecule has 2 bridgehead atoms. The third-order valence-corrected chi connectivity index (χ3v) is 7.50. The van der Waals surface area contributed by atoms with Crippen LogP contribution < -0.4 is 10.6 Å². The molecule has 0 radical (unpaired) electrons. The van der Waals surface area contributed by atoms with Gasteiger partial charge in [0.2, 0.25) is 5.91 Å². The maximum atomic E-state index is 12.8. The van der Waals surface area contributed by atoms with Gasteiger partial charge in [-0.3, -0.25) is 4.79 Å². The van der Waals surface area contributed by atoms with E-state index >= 15 is 0 Å². The van der Waals surface area contributed by atoms with Gasteiger partial charge in [-0.15, -0.1) is 0 Å². The number of rotatable bonds is 3. The second-order valence-corrected chi connectivity index (χ2v) is 8.20. The molecule has 0 aromatic rings. The normalized spacial score (nSPS) is 45.8. The lowest BCUT2D eigenvalue weighted by molar-refractivity contribution is -0.132. The summed E-state index contributed by atoms with van der Waals surface area (Å²) in [5.74, 6) is 1.09. The minimum absolute atomic E-state index is 0.150. The fourth-order valence-corrected chi connectivity index (χ4v) is 5.13. The predicted octanol–water partition coefficient (Wildman–Crippen LogP) is 2.71. The van der Waals surface area contributed by atoms with E-state index in [1.807, 2.05) is 0 Å². The molecular formula is C17H30N2O. The summed E-state index contributed by atoms with van der Waals surface area (Å²) in [4.78, 5) is 12.8. The third kappa shape index (κ3) is 1.71. The average Bonchev–Trinajstić information content (AvgIpc) is 3.02. The van der Waals surface area contributed by atoms with E-state index in [9.17, 15) is 4.79 Å². The van der Waals surface area contributed by atoms with Crippen LogP contribution in [0, 0.1) is 22.2 Å². The molecule has 2 aliphatic carbocycles. The smallest absolute Gasteiger partial charge is 0.227 e. The molecule has 114 valence electrons. The molecule has 2 N–H and O–H groups in total. The Hall–Kier alpha value is -0.570. The van der Waals surface area contributed by atoms with Crippen LogP contribution in [0.15, 0.2) is 0 Å². The second-order valence-electron chi connectivity index (χ2n) is 8.20. The van der Waals surface area contributed by atoms with Gasteiger partial charge in [0.25, 0.3) is 0 Å². The van der Waals surface area contributed by atoms with Gasteiger partial charge in [-0.1, -0.05) is 27.7 Å². The van der Waals surface area contributed by atoms with E-state index in [-0.39, 0.29) is 10.8 Å². The van der Waals surface area contributed by atoms with Crippen molar-refractivity contribution < 1.29 is 4.79 Å². The van der Waals surface area contributed by atoms with Gasteiger partial charge in [0.1, 0.15) is 0 Å². The van der Waals surface area contributed by atoms with Crippen LogP contribution in [0.4, 0.5) is 0 Å². The first-order chi connectivity index (χ1) is 9.36. The Bertz CT molecular complexity index is 411. The lowest BCUT2D eigenvalue weighted by atomic mass is 9.69. The van der Waals surface area contributed by atoms with E-state index < -0.39 is 0 Å². The van der Waals surface area contributed by atoms with E-state index in [0.717, 1.165) is 31.8 Å². The van der Waals surface area contributed by atoms with Crippen molar-refractivity contribution in [3.05, 3.63) is 0 Å². The fraction of sp³-hybridized carbons (Fsp3) is 0.941. The number of fused-ring (bicyclic) bond motifs is 2. The standard InChI is InChI=1S/C17H30N2O/c1-5-17(8-9-18-11-17)14(20)19-13-10-12-6-7-16(13,4)15(12,2)3/h12-13,18H,5-11H2,1-4H3,(H,19,20). The first kappa shape index (κ1) is 14.4. The zero-order valence-corrected chi connectivity index (χ0v) is 13.5. The predicted molar refractivity (Wildman–Crippen MR) is 81.4 cm³/mol. The average molecular weight is 278 g/mol. The Labute approximate surface area is 123 Å². The first-order valence-corrected chi connectivity index (χ1v) is 8.37. The Morgan fingerprint density at radius 3 is 2.50 bits per heavy atom. The maximum absolute atomic E-state index is 12.8. The SMILES string of the molecule is CCC1(C(=O)NC2CC3CCC2(C)C3(C)C)CCNC1. The summed E-state index contributed by atoms with van der Waals surface area (Å²) in [7, 11) is 0. The van der Waals surface area contributed by atoms with Crippen molar-refractivity contribution in [3.63, 3.8) is 0 Å². The number of hydrogen-bond acceptors (Lipinski definition) is 2. The van der Waals surface area contributed by atoms with Gasteiger partial charge in [0.15, 0.2) is 0 Å². The van der Waals surface area contributed by atoms with Gasteiger partial charge in [-0.25, -0.2) is 0 Å². The Morgan fingerprint density at radius 1 is 1.30 bits per heavy atom. The molecule has 1 amide bonds. The van der Waals surface area contributed by atoms with Gasteiger partial charge in [0.05, 0.1) is 5.41 Å². The van der Waals surface area contributed by atoms with Crippen LogP contribution in [-0.2, 0) is 4.79 Å². The highest BCUT2D eigenvalue weighted by Gasteiger charge is 2.62. The van der Waals surface area contributed by atoms with Crippen LogP contribution in [0.3, 0.4) is 0 Å². The number of amides is 1. The van der Waals surface area contributed by atoms with E-state index in [1.54, 1.807) is 0 Å². The highest BCUT2D eigenvalue weighted by Crippen LogP contribution is 2.65. The molecule has 3 nitrogen and oxygen atoms in total. The Balaban J connectivity index is 1.75. The molecule has 3 heteroatoms. The summed E-state index contributed by atoms with van der Waals surface area (Å²) in [5, 5.41) is 6.83. The number of nitrogens with one attached hydrogen (secondary N) is 2. The van der Waals surface area contributed by atoms with Crippen LogP contribution in [0.25, 0.3) is 0 Å². The lowest BCUT2D eigenvalue weighted by Gasteiger charge is -2.40. The molecular weight excluding hydrogens is 248 g/mol. The summed E-state index contributed by atoms with van der Waals surface area (Å²) >= 11 is 0. The van der Waals surface area contributed by atoms with Crippen molar-refractivity contribution in [2.45, 2.75) is 65.8 Å². The zero-order valence-electron chi connectivity index (χ0n) is 13.5. The van der Waals surface area contributed by atoms with E-state index in [4.69, 9.17) is 0 Å². The van der Waals surface area contributed by atoms with Crippen LogP contribution in [-0.4, -0.2) is 25.0 Å². The van der Waals surface area contributed by atoms with Gasteiger partial charge in [-0.05, 0) is 55.4 Å². The van der Waals surface area contributed by atoms with Gasteiger partial charge in [-0.2, -0.15) is 0 Å². The molecule has 3 aliphatic rings. The van der Waals surface area contributed by atoms with Crippen LogP contribution in [0.1, 0.15) is 59.8 Å². The third-order valence-electron chi connectivity index (χ3n) is 7.50. The molecule has 1 saturated heterocycles. The summed E-state index contributed by atoms with van der Waals surface area (Å²) in [6.07, 6.45) is 5.74. The van der Waals surface area contributed by atoms with Crippen molar-refractivity contribution in [1.29, 1.82) is 0 Å². The molecule has 4 atom stereocenters. The highest BCUT2D eigenvalue weighted by molar-refractivity contribution is 5.83. The largest absolute Gasteiger partial charge is 0.352 e. The van der Waals surface area contributed by atoms with Crippen molar-refractivity contribution in [1.82, 2.24) is 10.6 Å². The topological polar surface area (TPSA) is 41.1 Å². The fourth-order valence-electron chi connectivity index (χ4n) is 5.13. The van der Waals surface area contributed by atoms with E-state index in [1.165, 1.54) is 19.3 Å². The monoisotopic (exact) mass is 278 g/mol. The summed E-state index contributed by atoms with van der Waals surface area (Å²) < 4.78 is 0.